The molecule has 2 aromatic carbocycles. The topological polar surface area (TPSA) is 77.5 Å². The molecule has 0 aliphatic heterocycles. The smallest absolute Gasteiger partial charge is 0.251 e. The lowest BCUT2D eigenvalue weighted by atomic mass is 9.98. The van der Waals surface area contributed by atoms with E-state index < -0.39 is 5.91 Å². The summed E-state index contributed by atoms with van der Waals surface area (Å²) in [5, 5.41) is 9.45. The Morgan fingerprint density at radius 3 is 2.32 bits per heavy atom. The molecule has 5 heteroatoms. The quantitative estimate of drug-likeness (QED) is 0.677. The van der Waals surface area contributed by atoms with Crippen LogP contribution < -0.4 is 10.5 Å². The number of primary amides is 1. The second-order valence-corrected chi connectivity index (χ2v) is 7.04. The van der Waals surface area contributed by atoms with Gasteiger partial charge >= 0.3 is 0 Å². The Labute approximate surface area is 165 Å². The normalized spacial score (nSPS) is 10.9. The highest BCUT2D eigenvalue weighted by Gasteiger charge is 2.22. The van der Waals surface area contributed by atoms with Crippen molar-refractivity contribution < 1.29 is 14.6 Å². The molecular formula is C23H26N2O3. The van der Waals surface area contributed by atoms with Crippen LogP contribution in [0.2, 0.25) is 0 Å². The number of hydrogen-bond acceptors (Lipinski definition) is 3. The summed E-state index contributed by atoms with van der Waals surface area (Å²) in [5.74, 6) is 0.642. The summed E-state index contributed by atoms with van der Waals surface area (Å²) in [6.45, 7) is 6.66. The molecule has 28 heavy (non-hydrogen) atoms. The zero-order valence-electron chi connectivity index (χ0n) is 16.7. The highest BCUT2D eigenvalue weighted by molar-refractivity contribution is 6.02. The summed E-state index contributed by atoms with van der Waals surface area (Å²) in [5.41, 5.74) is 12.1. The second kappa shape index (κ2) is 7.80. The van der Waals surface area contributed by atoms with Crippen LogP contribution in [-0.2, 0) is 13.0 Å². The molecule has 0 unspecified atom stereocenters. The molecule has 0 aliphatic carbocycles. The van der Waals surface area contributed by atoms with E-state index in [1.165, 1.54) is 0 Å². The van der Waals surface area contributed by atoms with Gasteiger partial charge in [0, 0.05) is 23.5 Å². The number of rotatable bonds is 6. The van der Waals surface area contributed by atoms with E-state index >= 15 is 0 Å². The SMILES string of the molecule is COc1ccc(-c2c(C(N)=O)c(C)n(CCc3ccc(O)cc3)c2C)cc1C. The third-order valence-corrected chi connectivity index (χ3v) is 5.27. The first-order chi connectivity index (χ1) is 13.3. The van der Waals surface area contributed by atoms with Crippen molar-refractivity contribution in [3.8, 4) is 22.6 Å². The molecule has 5 nitrogen and oxygen atoms in total. The van der Waals surface area contributed by atoms with E-state index in [4.69, 9.17) is 10.5 Å². The molecule has 1 amide bonds. The molecule has 1 heterocycles. The van der Waals surface area contributed by atoms with Crippen LogP contribution >= 0.6 is 0 Å². The van der Waals surface area contributed by atoms with Gasteiger partial charge in [0.15, 0.2) is 0 Å². The minimum absolute atomic E-state index is 0.255. The molecule has 0 radical (unpaired) electrons. The molecule has 0 aliphatic rings. The number of aromatic hydroxyl groups is 1. The molecule has 3 N–H and O–H groups in total. The predicted molar refractivity (Wildman–Crippen MR) is 111 cm³/mol. The first kappa shape index (κ1) is 19.5. The van der Waals surface area contributed by atoms with Gasteiger partial charge in [0.05, 0.1) is 12.7 Å². The Kier molecular flexibility index (Phi) is 5.45. The maximum absolute atomic E-state index is 12.3. The van der Waals surface area contributed by atoms with E-state index in [1.54, 1.807) is 19.2 Å². The molecule has 146 valence electrons. The van der Waals surface area contributed by atoms with Gasteiger partial charge in [0.1, 0.15) is 11.5 Å². The van der Waals surface area contributed by atoms with Crippen LogP contribution in [0.5, 0.6) is 11.5 Å². The Morgan fingerprint density at radius 2 is 1.75 bits per heavy atom. The number of nitrogens with zero attached hydrogens (tertiary/aromatic N) is 1. The van der Waals surface area contributed by atoms with Crippen LogP contribution in [0, 0.1) is 20.8 Å². The highest BCUT2D eigenvalue weighted by Crippen LogP contribution is 2.34. The molecule has 3 aromatic rings. The van der Waals surface area contributed by atoms with Gasteiger partial charge in [0.25, 0.3) is 5.91 Å². The zero-order valence-corrected chi connectivity index (χ0v) is 16.7. The lowest BCUT2D eigenvalue weighted by Gasteiger charge is -2.11. The molecule has 0 bridgehead atoms. The Hall–Kier alpha value is -3.21. The minimum atomic E-state index is -0.424. The number of phenolic OH excluding ortho intramolecular Hbond substituents is 1. The van der Waals surface area contributed by atoms with Gasteiger partial charge in [-0.1, -0.05) is 18.2 Å². The molecule has 0 atom stereocenters. The van der Waals surface area contributed by atoms with E-state index in [0.29, 0.717) is 5.56 Å². The number of benzene rings is 2. The van der Waals surface area contributed by atoms with Gasteiger partial charge in [-0.2, -0.15) is 0 Å². The third kappa shape index (κ3) is 3.60. The fourth-order valence-electron chi connectivity index (χ4n) is 3.81. The van der Waals surface area contributed by atoms with Crippen LogP contribution in [0.1, 0.15) is 32.9 Å². The number of carbonyl (C=O) groups is 1. The summed E-state index contributed by atoms with van der Waals surface area (Å²) < 4.78 is 7.49. The van der Waals surface area contributed by atoms with Crippen molar-refractivity contribution in [3.63, 3.8) is 0 Å². The van der Waals surface area contributed by atoms with Gasteiger partial charge in [0.2, 0.25) is 0 Å². The second-order valence-electron chi connectivity index (χ2n) is 7.04. The van der Waals surface area contributed by atoms with Crippen molar-refractivity contribution in [2.24, 2.45) is 5.73 Å². The van der Waals surface area contributed by atoms with Crippen LogP contribution in [-0.4, -0.2) is 22.7 Å². The van der Waals surface area contributed by atoms with Crippen LogP contribution in [0.4, 0.5) is 0 Å². The van der Waals surface area contributed by atoms with Gasteiger partial charge in [-0.3, -0.25) is 4.79 Å². The van der Waals surface area contributed by atoms with E-state index in [2.05, 4.69) is 4.57 Å². The summed E-state index contributed by atoms with van der Waals surface area (Å²) in [6, 6.07) is 13.1. The molecule has 1 aromatic heterocycles. The predicted octanol–water partition coefficient (Wildman–Crippen LogP) is 4.14. The summed E-state index contributed by atoms with van der Waals surface area (Å²) in [4.78, 5) is 12.3. The number of phenols is 1. The number of aromatic nitrogens is 1. The molecule has 3 rings (SSSR count). The minimum Gasteiger partial charge on any atom is -0.508 e. The van der Waals surface area contributed by atoms with Gasteiger partial charge in [-0.05, 0) is 68.1 Å². The largest absolute Gasteiger partial charge is 0.508 e. The summed E-state index contributed by atoms with van der Waals surface area (Å²) in [7, 11) is 1.64. The molecular weight excluding hydrogens is 352 g/mol. The van der Waals surface area contributed by atoms with E-state index in [0.717, 1.165) is 52.4 Å². The maximum atomic E-state index is 12.3. The fraction of sp³-hybridized carbons (Fsp3) is 0.261. The standard InChI is InChI=1S/C23H26N2O3/c1-14-13-18(7-10-20(14)28-4)21-15(2)25(16(3)22(21)23(24)27)12-11-17-5-8-19(26)9-6-17/h5-10,13,26H,11-12H2,1-4H3,(H2,24,27). The third-order valence-electron chi connectivity index (χ3n) is 5.27. The van der Waals surface area contributed by atoms with E-state index in [9.17, 15) is 9.90 Å². The maximum Gasteiger partial charge on any atom is 0.251 e. The van der Waals surface area contributed by atoms with Crippen molar-refractivity contribution >= 4 is 5.91 Å². The van der Waals surface area contributed by atoms with Crippen molar-refractivity contribution in [3.05, 3.63) is 70.5 Å². The molecule has 0 saturated heterocycles. The number of amides is 1. The Balaban J connectivity index is 2.03. The fourth-order valence-corrected chi connectivity index (χ4v) is 3.81. The van der Waals surface area contributed by atoms with Crippen molar-refractivity contribution in [2.45, 2.75) is 33.7 Å². The van der Waals surface area contributed by atoms with Gasteiger partial charge in [-0.25, -0.2) is 0 Å². The number of ether oxygens (including phenoxy) is 1. The molecule has 0 spiro atoms. The van der Waals surface area contributed by atoms with Crippen LogP contribution in [0.3, 0.4) is 0 Å². The number of nitrogens with two attached hydrogens (primary N) is 1. The van der Waals surface area contributed by atoms with Gasteiger partial charge in [-0.15, -0.1) is 0 Å². The van der Waals surface area contributed by atoms with Crippen LogP contribution in [0.15, 0.2) is 42.5 Å². The Morgan fingerprint density at radius 1 is 1.07 bits per heavy atom. The van der Waals surface area contributed by atoms with E-state index in [1.807, 2.05) is 51.1 Å². The van der Waals surface area contributed by atoms with E-state index in [-0.39, 0.29) is 5.75 Å². The summed E-state index contributed by atoms with van der Waals surface area (Å²) >= 11 is 0. The first-order valence-corrected chi connectivity index (χ1v) is 9.26. The zero-order chi connectivity index (χ0) is 20.4. The Bertz CT molecular complexity index is 1020. The van der Waals surface area contributed by atoms with Crippen LogP contribution in [0.25, 0.3) is 11.1 Å². The lowest BCUT2D eigenvalue weighted by Crippen LogP contribution is -2.14. The number of methoxy groups -OCH3 is 1. The van der Waals surface area contributed by atoms with Crippen molar-refractivity contribution in [1.82, 2.24) is 4.57 Å². The first-order valence-electron chi connectivity index (χ1n) is 9.26. The summed E-state index contributed by atoms with van der Waals surface area (Å²) in [6.07, 6.45) is 0.788. The highest BCUT2D eigenvalue weighted by atomic mass is 16.5. The average Bonchev–Trinajstić information content (AvgIpc) is 2.91. The monoisotopic (exact) mass is 378 g/mol. The number of carbonyl (C=O) groups excluding carboxylic acids is 1. The van der Waals surface area contributed by atoms with Crippen molar-refractivity contribution in [2.75, 3.05) is 7.11 Å². The molecule has 0 fully saturated rings. The van der Waals surface area contributed by atoms with Crippen molar-refractivity contribution in [1.29, 1.82) is 0 Å². The number of hydrogen-bond donors (Lipinski definition) is 2. The lowest BCUT2D eigenvalue weighted by molar-refractivity contribution is 0.1000. The van der Waals surface area contributed by atoms with Gasteiger partial charge < -0.3 is 20.1 Å². The number of aryl methyl sites for hydroxylation is 2. The average molecular weight is 378 g/mol. The molecule has 0 saturated carbocycles.